The van der Waals surface area contributed by atoms with Gasteiger partial charge in [0.25, 0.3) is 0 Å². The lowest BCUT2D eigenvalue weighted by Gasteiger charge is -2.24. The normalized spacial score (nSPS) is 12.6. The molecular formula is C14H17ClN2O. The third kappa shape index (κ3) is 3.48. The van der Waals surface area contributed by atoms with Crippen LogP contribution in [-0.4, -0.2) is 11.8 Å². The van der Waals surface area contributed by atoms with Gasteiger partial charge in [-0.15, -0.1) is 11.6 Å². The van der Waals surface area contributed by atoms with Gasteiger partial charge in [0.15, 0.2) is 0 Å². The average Bonchev–Trinajstić information content (AvgIpc) is 2.38. The number of nitrogens with zero attached hydrogens (tertiary/aromatic N) is 1. The molecule has 1 unspecified atom stereocenters. The van der Waals surface area contributed by atoms with Crippen LogP contribution in [0.4, 0.5) is 0 Å². The van der Waals surface area contributed by atoms with Gasteiger partial charge in [-0.05, 0) is 38.5 Å². The van der Waals surface area contributed by atoms with Crippen LogP contribution in [0.3, 0.4) is 0 Å². The molecule has 0 spiro atoms. The number of carbonyl (C=O) groups excluding carboxylic acids is 1. The largest absolute Gasteiger partial charge is 0.349 e. The molecule has 0 bridgehead atoms. The van der Waals surface area contributed by atoms with E-state index in [1.54, 1.807) is 26.0 Å². The highest BCUT2D eigenvalue weighted by atomic mass is 35.5. The van der Waals surface area contributed by atoms with Crippen molar-refractivity contribution < 1.29 is 4.79 Å². The molecule has 4 heteroatoms. The van der Waals surface area contributed by atoms with Gasteiger partial charge in [0.1, 0.15) is 0 Å². The highest BCUT2D eigenvalue weighted by Crippen LogP contribution is 2.20. The summed E-state index contributed by atoms with van der Waals surface area (Å²) in [6, 6.07) is 9.13. The van der Waals surface area contributed by atoms with Crippen LogP contribution in [-0.2, 0) is 4.79 Å². The number of rotatable bonds is 4. The van der Waals surface area contributed by atoms with Crippen molar-refractivity contribution in [1.82, 2.24) is 5.32 Å². The summed E-state index contributed by atoms with van der Waals surface area (Å²) < 4.78 is 0. The number of alkyl halides is 1. The van der Waals surface area contributed by atoms with Gasteiger partial charge in [-0.3, -0.25) is 4.79 Å². The summed E-state index contributed by atoms with van der Waals surface area (Å²) in [7, 11) is 0. The summed E-state index contributed by atoms with van der Waals surface area (Å²) >= 11 is 5.76. The van der Waals surface area contributed by atoms with E-state index in [1.165, 1.54) is 0 Å². The predicted octanol–water partition coefficient (Wildman–Crippen LogP) is 3.00. The average molecular weight is 265 g/mol. The zero-order valence-corrected chi connectivity index (χ0v) is 11.6. The molecule has 1 N–H and O–H groups in total. The second-order valence-electron chi connectivity index (χ2n) is 4.95. The van der Waals surface area contributed by atoms with Crippen molar-refractivity contribution in [3.8, 4) is 6.07 Å². The molecule has 1 aromatic carbocycles. The van der Waals surface area contributed by atoms with Crippen LogP contribution in [0.5, 0.6) is 0 Å². The first-order valence-corrected chi connectivity index (χ1v) is 6.31. The van der Waals surface area contributed by atoms with E-state index in [-0.39, 0.29) is 17.8 Å². The summed E-state index contributed by atoms with van der Waals surface area (Å²) in [5.41, 5.74) is 0.994. The standard InChI is InChI=1S/C14H17ClN2O/c1-10(17-13(18)14(2,3)9-15)12-6-4-11(8-16)5-7-12/h4-7,10H,9H2,1-3H3,(H,17,18). The van der Waals surface area contributed by atoms with Crippen LogP contribution in [0, 0.1) is 16.7 Å². The Kier molecular flexibility index (Phi) is 4.75. The first kappa shape index (κ1) is 14.5. The topological polar surface area (TPSA) is 52.9 Å². The number of halogens is 1. The summed E-state index contributed by atoms with van der Waals surface area (Å²) in [5, 5.41) is 11.6. The lowest BCUT2D eigenvalue weighted by Crippen LogP contribution is -2.39. The first-order chi connectivity index (χ1) is 8.40. The molecule has 1 aromatic rings. The van der Waals surface area contributed by atoms with Crippen molar-refractivity contribution in [3.63, 3.8) is 0 Å². The third-order valence-corrected chi connectivity index (χ3v) is 3.50. The van der Waals surface area contributed by atoms with E-state index in [4.69, 9.17) is 16.9 Å². The molecule has 1 atom stereocenters. The Balaban J connectivity index is 2.74. The van der Waals surface area contributed by atoms with Crippen molar-refractivity contribution in [2.24, 2.45) is 5.41 Å². The predicted molar refractivity (Wildman–Crippen MR) is 72.2 cm³/mol. The molecule has 0 fully saturated rings. The minimum atomic E-state index is -0.581. The third-order valence-electron chi connectivity index (χ3n) is 2.84. The Bertz CT molecular complexity index is 460. The number of benzene rings is 1. The van der Waals surface area contributed by atoms with Gasteiger partial charge in [0.05, 0.1) is 23.1 Å². The van der Waals surface area contributed by atoms with Gasteiger partial charge >= 0.3 is 0 Å². The maximum absolute atomic E-state index is 12.0. The minimum absolute atomic E-state index is 0.0747. The van der Waals surface area contributed by atoms with E-state index < -0.39 is 5.41 Å². The van der Waals surface area contributed by atoms with Gasteiger partial charge in [-0.25, -0.2) is 0 Å². The highest BCUT2D eigenvalue weighted by Gasteiger charge is 2.27. The number of nitrogens with one attached hydrogen (secondary N) is 1. The van der Waals surface area contributed by atoms with Crippen LogP contribution >= 0.6 is 11.6 Å². The van der Waals surface area contributed by atoms with E-state index in [1.807, 2.05) is 19.1 Å². The summed E-state index contributed by atoms with van der Waals surface area (Å²) in [5.74, 6) is 0.202. The molecular weight excluding hydrogens is 248 g/mol. The second-order valence-corrected chi connectivity index (χ2v) is 5.21. The quantitative estimate of drug-likeness (QED) is 0.850. The molecule has 0 aliphatic rings. The van der Waals surface area contributed by atoms with Crippen molar-refractivity contribution >= 4 is 17.5 Å². The van der Waals surface area contributed by atoms with Gasteiger partial charge in [0, 0.05) is 5.88 Å². The summed E-state index contributed by atoms with van der Waals surface area (Å²) in [6.45, 7) is 5.52. The molecule has 0 aromatic heterocycles. The number of hydrogen-bond donors (Lipinski definition) is 1. The number of carbonyl (C=O) groups is 1. The number of nitriles is 1. The molecule has 3 nitrogen and oxygen atoms in total. The summed E-state index contributed by atoms with van der Waals surface area (Å²) in [4.78, 5) is 12.0. The molecule has 0 saturated heterocycles. The fourth-order valence-electron chi connectivity index (χ4n) is 1.38. The molecule has 18 heavy (non-hydrogen) atoms. The van der Waals surface area contributed by atoms with Crippen LogP contribution in [0.25, 0.3) is 0 Å². The number of hydrogen-bond acceptors (Lipinski definition) is 2. The van der Waals surface area contributed by atoms with Crippen LogP contribution in [0.1, 0.15) is 37.9 Å². The first-order valence-electron chi connectivity index (χ1n) is 5.77. The maximum atomic E-state index is 12.0. The number of amides is 1. The molecule has 0 saturated carbocycles. The van der Waals surface area contributed by atoms with Gasteiger partial charge in [-0.1, -0.05) is 12.1 Å². The maximum Gasteiger partial charge on any atom is 0.227 e. The molecule has 0 aliphatic carbocycles. The monoisotopic (exact) mass is 264 g/mol. The summed E-state index contributed by atoms with van der Waals surface area (Å²) in [6.07, 6.45) is 0. The Morgan fingerprint density at radius 1 is 1.44 bits per heavy atom. The van der Waals surface area contributed by atoms with Crippen molar-refractivity contribution in [2.75, 3.05) is 5.88 Å². The van der Waals surface area contributed by atoms with E-state index in [2.05, 4.69) is 11.4 Å². The van der Waals surface area contributed by atoms with Gasteiger partial charge < -0.3 is 5.32 Å². The van der Waals surface area contributed by atoms with Crippen molar-refractivity contribution in [2.45, 2.75) is 26.8 Å². The molecule has 0 heterocycles. The molecule has 96 valence electrons. The fourth-order valence-corrected chi connectivity index (χ4v) is 1.50. The van der Waals surface area contributed by atoms with Crippen LogP contribution in [0.15, 0.2) is 24.3 Å². The Morgan fingerprint density at radius 3 is 2.44 bits per heavy atom. The van der Waals surface area contributed by atoms with E-state index in [0.29, 0.717) is 5.56 Å². The van der Waals surface area contributed by atoms with Crippen molar-refractivity contribution in [1.29, 1.82) is 5.26 Å². The SMILES string of the molecule is CC(NC(=O)C(C)(C)CCl)c1ccc(C#N)cc1. The zero-order chi connectivity index (χ0) is 13.8. The molecule has 1 rings (SSSR count). The van der Waals surface area contributed by atoms with Crippen LogP contribution < -0.4 is 5.32 Å². The Hall–Kier alpha value is -1.53. The Labute approximate surface area is 113 Å². The smallest absolute Gasteiger partial charge is 0.227 e. The lowest BCUT2D eigenvalue weighted by atomic mass is 9.94. The van der Waals surface area contributed by atoms with Gasteiger partial charge in [-0.2, -0.15) is 5.26 Å². The molecule has 0 aliphatic heterocycles. The Morgan fingerprint density at radius 2 is 2.00 bits per heavy atom. The second kappa shape index (κ2) is 5.88. The highest BCUT2D eigenvalue weighted by molar-refractivity contribution is 6.19. The van der Waals surface area contributed by atoms with Gasteiger partial charge in [0.2, 0.25) is 5.91 Å². The van der Waals surface area contributed by atoms with Crippen molar-refractivity contribution in [3.05, 3.63) is 35.4 Å². The van der Waals surface area contributed by atoms with E-state index >= 15 is 0 Å². The molecule has 0 radical (unpaired) electrons. The van der Waals surface area contributed by atoms with E-state index in [0.717, 1.165) is 5.56 Å². The van der Waals surface area contributed by atoms with Crippen LogP contribution in [0.2, 0.25) is 0 Å². The van der Waals surface area contributed by atoms with E-state index in [9.17, 15) is 4.79 Å². The zero-order valence-electron chi connectivity index (χ0n) is 10.8. The molecule has 1 amide bonds. The fraction of sp³-hybridized carbons (Fsp3) is 0.429. The minimum Gasteiger partial charge on any atom is -0.349 e. The lowest BCUT2D eigenvalue weighted by molar-refractivity contribution is -0.129.